The van der Waals surface area contributed by atoms with Crippen molar-refractivity contribution < 1.29 is 24.0 Å². The third kappa shape index (κ3) is 2.71. The van der Waals surface area contributed by atoms with Crippen LogP contribution in [0.2, 0.25) is 0 Å². The smallest absolute Gasteiger partial charge is 0.273 e. The van der Waals surface area contributed by atoms with Gasteiger partial charge in [-0.05, 0) is 30.9 Å². The second-order valence-corrected chi connectivity index (χ2v) is 7.55. The largest absolute Gasteiger partial charge is 0.334 e. The highest BCUT2D eigenvalue weighted by molar-refractivity contribution is 6.44. The van der Waals surface area contributed by atoms with Crippen LogP contribution in [-0.2, 0) is 9.59 Å². The molecule has 1 aromatic carbocycles. The molecule has 0 aromatic heterocycles. The molecule has 0 radical (unpaired) electrons. The number of imide groups is 3. The normalized spacial score (nSPS) is 25.2. The van der Waals surface area contributed by atoms with Gasteiger partial charge in [-0.25, -0.2) is 4.79 Å². The molecule has 3 aliphatic rings. The molecule has 1 aromatic rings. The van der Waals surface area contributed by atoms with Gasteiger partial charge in [0.05, 0.1) is 11.1 Å². The van der Waals surface area contributed by atoms with E-state index >= 15 is 0 Å². The average Bonchev–Trinajstić information content (AvgIpc) is 3.06. The lowest BCUT2D eigenvalue weighted by Gasteiger charge is -2.34. The quantitative estimate of drug-likeness (QED) is 0.448. The van der Waals surface area contributed by atoms with E-state index in [1.807, 2.05) is 6.92 Å². The van der Waals surface area contributed by atoms with E-state index in [2.05, 4.69) is 0 Å². The summed E-state index contributed by atoms with van der Waals surface area (Å²) >= 11 is 0. The highest BCUT2D eigenvalue weighted by atomic mass is 16.2. The zero-order chi connectivity index (χ0) is 20.0. The minimum absolute atomic E-state index is 0.134. The van der Waals surface area contributed by atoms with Gasteiger partial charge in [0.15, 0.2) is 0 Å². The highest BCUT2D eigenvalue weighted by Crippen LogP contribution is 2.31. The van der Waals surface area contributed by atoms with Crippen LogP contribution in [-0.4, -0.2) is 63.5 Å². The minimum Gasteiger partial charge on any atom is -0.273 e. The molecule has 0 bridgehead atoms. The number of rotatable bonds is 4. The van der Waals surface area contributed by atoms with Crippen LogP contribution < -0.4 is 0 Å². The number of urea groups is 1. The Kier molecular flexibility index (Phi) is 4.49. The summed E-state index contributed by atoms with van der Waals surface area (Å²) in [5.74, 6) is -2.47. The maximum atomic E-state index is 12.8. The van der Waals surface area contributed by atoms with E-state index in [0.717, 1.165) is 34.0 Å². The highest BCUT2D eigenvalue weighted by Gasteiger charge is 2.49. The number of hydrogen-bond donors (Lipinski definition) is 0. The lowest BCUT2D eigenvalue weighted by Crippen LogP contribution is -2.46. The van der Waals surface area contributed by atoms with Gasteiger partial charge in [0.2, 0.25) is 0 Å². The maximum absolute atomic E-state index is 12.8. The summed E-state index contributed by atoms with van der Waals surface area (Å²) in [6.07, 6.45) is 3.56. The molecule has 1 saturated carbocycles. The predicted molar refractivity (Wildman–Crippen MR) is 97.2 cm³/mol. The first-order valence-electron chi connectivity index (χ1n) is 9.56. The van der Waals surface area contributed by atoms with E-state index in [1.165, 1.54) is 0 Å². The van der Waals surface area contributed by atoms with Crippen LogP contribution in [0, 0.1) is 5.92 Å². The molecule has 8 heteroatoms. The Bertz CT molecular complexity index is 861. The van der Waals surface area contributed by atoms with E-state index in [4.69, 9.17) is 0 Å². The number of fused-ring (bicyclic) bond motifs is 1. The van der Waals surface area contributed by atoms with Crippen molar-refractivity contribution in [2.45, 2.75) is 38.6 Å². The summed E-state index contributed by atoms with van der Waals surface area (Å²) in [6.45, 7) is 1.66. The van der Waals surface area contributed by atoms with Crippen molar-refractivity contribution in [1.29, 1.82) is 0 Å². The molecule has 2 atom stereocenters. The molecule has 2 heterocycles. The van der Waals surface area contributed by atoms with Crippen LogP contribution in [0.1, 0.15) is 53.3 Å². The van der Waals surface area contributed by atoms with Crippen molar-refractivity contribution in [2.24, 2.45) is 5.92 Å². The molecular formula is C20H21N3O5. The van der Waals surface area contributed by atoms with Gasteiger partial charge in [-0.1, -0.05) is 31.9 Å². The van der Waals surface area contributed by atoms with Gasteiger partial charge >= 0.3 is 17.8 Å². The molecule has 1 saturated heterocycles. The Labute approximate surface area is 162 Å². The SMILES string of the molecule is C[C@H]1CCCC[C@@H]1N1C(=O)C(=O)N(CCN2C(=O)c3ccccc3C2=O)C1=O. The van der Waals surface area contributed by atoms with Crippen molar-refractivity contribution >= 4 is 29.7 Å². The van der Waals surface area contributed by atoms with Crippen molar-refractivity contribution in [2.75, 3.05) is 13.1 Å². The van der Waals surface area contributed by atoms with E-state index in [9.17, 15) is 24.0 Å². The lowest BCUT2D eigenvalue weighted by atomic mass is 9.85. The zero-order valence-corrected chi connectivity index (χ0v) is 15.6. The van der Waals surface area contributed by atoms with E-state index in [-0.39, 0.29) is 25.0 Å². The topological polar surface area (TPSA) is 95.1 Å². The number of carbonyl (C=O) groups excluding carboxylic acids is 5. The van der Waals surface area contributed by atoms with Gasteiger partial charge in [-0.2, -0.15) is 0 Å². The summed E-state index contributed by atoms with van der Waals surface area (Å²) in [4.78, 5) is 65.4. The van der Waals surface area contributed by atoms with Gasteiger partial charge < -0.3 is 0 Å². The molecule has 0 unspecified atom stereocenters. The number of benzene rings is 1. The van der Waals surface area contributed by atoms with Crippen molar-refractivity contribution in [3.8, 4) is 0 Å². The number of carbonyl (C=O) groups is 5. The molecule has 146 valence electrons. The Morgan fingerprint density at radius 2 is 1.36 bits per heavy atom. The minimum atomic E-state index is -0.889. The van der Waals surface area contributed by atoms with Gasteiger partial charge in [-0.15, -0.1) is 0 Å². The summed E-state index contributed by atoms with van der Waals surface area (Å²) < 4.78 is 0. The van der Waals surface area contributed by atoms with Crippen LogP contribution >= 0.6 is 0 Å². The second kappa shape index (κ2) is 6.85. The molecule has 2 fully saturated rings. The number of amides is 6. The van der Waals surface area contributed by atoms with E-state index in [0.29, 0.717) is 17.5 Å². The van der Waals surface area contributed by atoms with Gasteiger partial charge in [0.25, 0.3) is 11.8 Å². The van der Waals surface area contributed by atoms with Gasteiger partial charge in [0, 0.05) is 19.1 Å². The summed E-state index contributed by atoms with van der Waals surface area (Å²) in [5, 5.41) is 0. The fraction of sp³-hybridized carbons (Fsp3) is 0.450. The molecule has 6 amide bonds. The summed E-state index contributed by atoms with van der Waals surface area (Å²) in [7, 11) is 0. The van der Waals surface area contributed by atoms with E-state index < -0.39 is 29.7 Å². The fourth-order valence-corrected chi connectivity index (χ4v) is 4.33. The third-order valence-corrected chi connectivity index (χ3v) is 5.91. The van der Waals surface area contributed by atoms with Crippen LogP contribution in [0.3, 0.4) is 0 Å². The Morgan fingerprint density at radius 3 is 1.96 bits per heavy atom. The summed E-state index contributed by atoms with van der Waals surface area (Å²) in [6, 6.07) is 5.55. The Morgan fingerprint density at radius 1 is 0.786 bits per heavy atom. The first-order valence-corrected chi connectivity index (χ1v) is 9.56. The van der Waals surface area contributed by atoms with Gasteiger partial charge in [-0.3, -0.25) is 33.9 Å². The van der Waals surface area contributed by atoms with Gasteiger partial charge in [0.1, 0.15) is 0 Å². The number of hydrogen-bond acceptors (Lipinski definition) is 5. The molecule has 2 aliphatic heterocycles. The van der Waals surface area contributed by atoms with Crippen molar-refractivity contribution in [3.63, 3.8) is 0 Å². The first kappa shape index (κ1) is 18.3. The van der Waals surface area contributed by atoms with Crippen molar-refractivity contribution in [3.05, 3.63) is 35.4 Å². The third-order valence-electron chi connectivity index (χ3n) is 5.91. The van der Waals surface area contributed by atoms with E-state index in [1.54, 1.807) is 24.3 Å². The van der Waals surface area contributed by atoms with Crippen LogP contribution in [0.4, 0.5) is 4.79 Å². The molecule has 0 spiro atoms. The molecule has 8 nitrogen and oxygen atoms in total. The fourth-order valence-electron chi connectivity index (χ4n) is 4.33. The standard InChI is InChI=1S/C20H21N3O5/c1-12-6-2-5-9-15(12)23-19(27)18(26)22(20(23)28)11-10-21-16(24)13-7-3-4-8-14(13)17(21)25/h3-4,7-8,12,15H,2,5-6,9-11H2,1H3/t12-,15-/m0/s1. The molecular weight excluding hydrogens is 362 g/mol. The van der Waals surface area contributed by atoms with Crippen molar-refractivity contribution in [1.82, 2.24) is 14.7 Å². The average molecular weight is 383 g/mol. The molecule has 0 N–H and O–H groups in total. The summed E-state index contributed by atoms with van der Waals surface area (Å²) in [5.41, 5.74) is 0.612. The van der Waals surface area contributed by atoms with Crippen LogP contribution in [0.5, 0.6) is 0 Å². The second-order valence-electron chi connectivity index (χ2n) is 7.55. The van der Waals surface area contributed by atoms with Crippen LogP contribution in [0.15, 0.2) is 24.3 Å². The lowest BCUT2D eigenvalue weighted by molar-refractivity contribution is -0.144. The Balaban J connectivity index is 1.48. The molecule has 4 rings (SSSR count). The Hall–Kier alpha value is -3.03. The molecule has 1 aliphatic carbocycles. The van der Waals surface area contributed by atoms with Crippen LogP contribution in [0.25, 0.3) is 0 Å². The zero-order valence-electron chi connectivity index (χ0n) is 15.6. The monoisotopic (exact) mass is 383 g/mol. The number of nitrogens with zero attached hydrogens (tertiary/aromatic N) is 3. The maximum Gasteiger partial charge on any atom is 0.334 e. The predicted octanol–water partition coefficient (Wildman–Crippen LogP) is 1.65. The first-order chi connectivity index (χ1) is 13.4. The molecule has 28 heavy (non-hydrogen) atoms.